The van der Waals surface area contributed by atoms with Crippen molar-refractivity contribution >= 4 is 48.7 Å². The molecule has 0 heterocycles. The first-order valence-electron chi connectivity index (χ1n) is 4.55. The molecule has 0 N–H and O–H groups in total. The highest BCUT2D eigenvalue weighted by molar-refractivity contribution is 9.25. The predicted octanol–water partition coefficient (Wildman–Crippen LogP) is 4.46. The van der Waals surface area contributed by atoms with Gasteiger partial charge in [-0.15, -0.1) is 0 Å². The van der Waals surface area contributed by atoms with Crippen LogP contribution in [0.25, 0.3) is 0 Å². The Morgan fingerprint density at radius 2 is 1.81 bits per heavy atom. The Morgan fingerprint density at radius 1 is 1.38 bits per heavy atom. The van der Waals surface area contributed by atoms with E-state index >= 15 is 0 Å². The topological polar surface area (TPSA) is 17.1 Å². The number of hydrogen-bond donors (Lipinski definition) is 0. The van der Waals surface area contributed by atoms with Crippen LogP contribution in [0.4, 0.5) is 13.2 Å². The molecule has 2 atom stereocenters. The molecule has 1 fully saturated rings. The first kappa shape index (κ1) is 14.8. The molecule has 0 amide bonds. The summed E-state index contributed by atoms with van der Waals surface area (Å²) in [5, 5.41) is -0.562. The van der Waals surface area contributed by atoms with Crippen LogP contribution in [0.5, 0.6) is 0 Å². The van der Waals surface area contributed by atoms with Crippen LogP contribution in [-0.4, -0.2) is 14.7 Å². The maximum Gasteiger partial charge on any atom is 0.413 e. The van der Waals surface area contributed by atoms with Gasteiger partial charge in [0.1, 0.15) is 0 Å². The number of rotatable bonds is 3. The third-order valence-corrected chi connectivity index (χ3v) is 4.97. The third-order valence-electron chi connectivity index (χ3n) is 3.19. The van der Waals surface area contributed by atoms with E-state index in [0.29, 0.717) is 0 Å². The Balaban J connectivity index is 2.75. The summed E-state index contributed by atoms with van der Waals surface area (Å²) >= 11 is 10.6. The van der Waals surface area contributed by atoms with Crippen LogP contribution >= 0.6 is 43.5 Å². The monoisotopic (exact) mass is 384 g/mol. The lowest BCUT2D eigenvalue weighted by atomic mass is 10.1. The molecule has 0 radical (unpaired) electrons. The zero-order chi connectivity index (χ0) is 12.9. The summed E-state index contributed by atoms with van der Waals surface area (Å²) in [6, 6.07) is 0. The zero-order valence-electron chi connectivity index (χ0n) is 8.54. The largest absolute Gasteiger partial charge is 0.413 e. The van der Waals surface area contributed by atoms with Crippen LogP contribution in [0, 0.1) is 17.3 Å². The molecular formula is C9H10Br2ClF3O. The highest BCUT2D eigenvalue weighted by atomic mass is 79.9. The second kappa shape index (κ2) is 4.12. The van der Waals surface area contributed by atoms with E-state index in [2.05, 4.69) is 31.9 Å². The summed E-state index contributed by atoms with van der Waals surface area (Å²) in [6.07, 6.45) is -4.63. The molecule has 0 spiro atoms. The van der Waals surface area contributed by atoms with Gasteiger partial charge in [0.15, 0.2) is 3.23 Å². The quantitative estimate of drug-likeness (QED) is 0.517. The lowest BCUT2D eigenvalue weighted by molar-refractivity contribution is -0.136. The molecule has 7 heteroatoms. The van der Waals surface area contributed by atoms with Crippen molar-refractivity contribution in [3.8, 4) is 0 Å². The maximum atomic E-state index is 12.6. The van der Waals surface area contributed by atoms with Gasteiger partial charge < -0.3 is 0 Å². The van der Waals surface area contributed by atoms with Crippen molar-refractivity contribution in [2.24, 2.45) is 17.3 Å². The minimum Gasteiger partial charge on any atom is -0.281 e. The van der Waals surface area contributed by atoms with Gasteiger partial charge in [-0.2, -0.15) is 13.2 Å². The van der Waals surface area contributed by atoms with Gasteiger partial charge >= 0.3 is 6.18 Å². The molecule has 0 saturated heterocycles. The number of hydrogen-bond acceptors (Lipinski definition) is 1. The molecule has 0 aliphatic heterocycles. The van der Waals surface area contributed by atoms with E-state index in [1.807, 2.05) is 0 Å². The summed E-state index contributed by atoms with van der Waals surface area (Å²) in [4.78, 5) is 11.0. The molecule has 1 rings (SSSR count). The van der Waals surface area contributed by atoms with Gasteiger partial charge in [-0.1, -0.05) is 45.7 Å². The number of carbonyl (C=O) groups is 1. The van der Waals surface area contributed by atoms with Crippen molar-refractivity contribution in [1.29, 1.82) is 0 Å². The summed E-state index contributed by atoms with van der Waals surface area (Å²) < 4.78 is 35.6. The van der Waals surface area contributed by atoms with E-state index in [9.17, 15) is 18.0 Å². The molecule has 1 aliphatic rings. The smallest absolute Gasteiger partial charge is 0.281 e. The summed E-state index contributed by atoms with van der Waals surface area (Å²) in [5.74, 6) is -0.858. The average Bonchev–Trinajstić information content (AvgIpc) is 2.49. The summed E-state index contributed by atoms with van der Waals surface area (Å²) in [6.45, 7) is 3.49. The van der Waals surface area contributed by atoms with Crippen LogP contribution in [-0.2, 0) is 4.79 Å². The second-order valence-electron chi connectivity index (χ2n) is 4.62. The fourth-order valence-corrected chi connectivity index (χ4v) is 3.10. The molecule has 0 bridgehead atoms. The van der Waals surface area contributed by atoms with Crippen molar-refractivity contribution in [3.63, 3.8) is 0 Å². The van der Waals surface area contributed by atoms with E-state index in [4.69, 9.17) is 11.6 Å². The van der Waals surface area contributed by atoms with Crippen LogP contribution in [0.15, 0.2) is 0 Å². The number of carbonyl (C=O) groups excluding carboxylic acids is 1. The van der Waals surface area contributed by atoms with Gasteiger partial charge in [-0.25, -0.2) is 0 Å². The van der Waals surface area contributed by atoms with Gasteiger partial charge in [0.25, 0.3) is 0 Å². The van der Waals surface area contributed by atoms with Crippen LogP contribution in [0.3, 0.4) is 0 Å². The minimum absolute atomic E-state index is 0.216. The molecule has 1 saturated carbocycles. The van der Waals surface area contributed by atoms with Crippen LogP contribution in [0.2, 0.25) is 0 Å². The van der Waals surface area contributed by atoms with Crippen molar-refractivity contribution in [2.45, 2.75) is 29.7 Å². The highest BCUT2D eigenvalue weighted by Crippen LogP contribution is 2.65. The van der Waals surface area contributed by atoms with E-state index in [0.717, 1.165) is 0 Å². The zero-order valence-corrected chi connectivity index (χ0v) is 12.5. The average molecular weight is 386 g/mol. The maximum absolute atomic E-state index is 12.6. The summed E-state index contributed by atoms with van der Waals surface area (Å²) in [5.41, 5.74) is -0.461. The third kappa shape index (κ3) is 2.58. The lowest BCUT2D eigenvalue weighted by Gasteiger charge is -2.24. The predicted molar refractivity (Wildman–Crippen MR) is 62.9 cm³/mol. The van der Waals surface area contributed by atoms with Gasteiger partial charge in [-0.05, 0) is 29.4 Å². The van der Waals surface area contributed by atoms with Crippen LogP contribution < -0.4 is 0 Å². The molecule has 16 heavy (non-hydrogen) atoms. The molecule has 1 nitrogen and oxygen atoms in total. The van der Waals surface area contributed by atoms with Gasteiger partial charge in [0.05, 0.1) is 0 Å². The van der Waals surface area contributed by atoms with Gasteiger partial charge in [0, 0.05) is 5.92 Å². The molecule has 94 valence electrons. The van der Waals surface area contributed by atoms with Crippen molar-refractivity contribution in [2.75, 3.05) is 0 Å². The van der Waals surface area contributed by atoms with Gasteiger partial charge in [0.2, 0.25) is 5.24 Å². The van der Waals surface area contributed by atoms with E-state index in [-0.39, 0.29) is 12.3 Å². The van der Waals surface area contributed by atoms with Crippen LogP contribution in [0.1, 0.15) is 20.3 Å². The van der Waals surface area contributed by atoms with Gasteiger partial charge in [-0.3, -0.25) is 4.79 Å². The Labute approximate surface area is 113 Å². The Kier molecular flexibility index (Phi) is 3.81. The SMILES string of the molecule is CC1(C)[C@@H](CC(Br)(Br)C(F)(F)F)[C@@H]1C(=O)Cl. The highest BCUT2D eigenvalue weighted by Gasteiger charge is 2.65. The van der Waals surface area contributed by atoms with Crippen molar-refractivity contribution in [3.05, 3.63) is 0 Å². The molecule has 0 unspecified atom stereocenters. The normalized spacial score (nSPS) is 29.0. The summed E-state index contributed by atoms with van der Waals surface area (Å²) in [7, 11) is 0. The second-order valence-corrected chi connectivity index (χ2v) is 8.76. The molecule has 0 aromatic carbocycles. The Morgan fingerprint density at radius 3 is 2.06 bits per heavy atom. The van der Waals surface area contributed by atoms with Crippen molar-refractivity contribution < 1.29 is 18.0 Å². The fraction of sp³-hybridized carbons (Fsp3) is 0.889. The number of alkyl halides is 5. The molecule has 0 aromatic rings. The van der Waals surface area contributed by atoms with Crippen molar-refractivity contribution in [1.82, 2.24) is 0 Å². The Bertz CT molecular complexity index is 314. The van der Waals surface area contributed by atoms with E-state index < -0.39 is 26.0 Å². The number of halogens is 6. The first-order valence-corrected chi connectivity index (χ1v) is 6.51. The van der Waals surface area contributed by atoms with E-state index in [1.165, 1.54) is 0 Å². The minimum atomic E-state index is -4.41. The standard InChI is InChI=1S/C9H10Br2ClF3O/c1-7(2)4(5(7)6(12)16)3-8(10,11)9(13,14)15/h4-5H,3H2,1-2H3/t4-,5+/m0/s1. The van der Waals surface area contributed by atoms with E-state index in [1.54, 1.807) is 13.8 Å². The Hall–Kier alpha value is 0.710. The molecule has 1 aliphatic carbocycles. The molecular weight excluding hydrogens is 376 g/mol. The fourth-order valence-electron chi connectivity index (χ4n) is 1.97. The molecule has 0 aromatic heterocycles. The first-order chi connectivity index (χ1) is 6.91. The lowest BCUT2D eigenvalue weighted by Crippen LogP contribution is -2.33.